The Hall–Kier alpha value is -2.59. The highest BCUT2D eigenvalue weighted by atomic mass is 32.2. The molecule has 10 heteroatoms. The Morgan fingerprint density at radius 3 is 2.64 bits per heavy atom. The Bertz CT molecular complexity index is 1050. The van der Waals surface area contributed by atoms with E-state index in [-0.39, 0.29) is 11.5 Å². The molecule has 0 aliphatic carbocycles. The molecule has 0 amide bonds. The SMILES string of the molecule is CCOC(=O)c1c(Sc2ncc(-c3ccccc3)s2)cc(C(F)(F)F)[nH]c1=O. The number of hydrogen-bond acceptors (Lipinski definition) is 6. The van der Waals surface area contributed by atoms with E-state index in [0.29, 0.717) is 4.34 Å². The van der Waals surface area contributed by atoms with Crippen LogP contribution in [0.3, 0.4) is 0 Å². The van der Waals surface area contributed by atoms with E-state index in [1.165, 1.54) is 18.3 Å². The van der Waals surface area contributed by atoms with Gasteiger partial charge in [0.25, 0.3) is 5.56 Å². The monoisotopic (exact) mass is 426 g/mol. The number of carbonyl (C=O) groups is 1. The molecule has 3 aromatic rings. The van der Waals surface area contributed by atoms with E-state index in [1.54, 1.807) is 11.2 Å². The van der Waals surface area contributed by atoms with Gasteiger partial charge in [0.15, 0.2) is 4.34 Å². The van der Waals surface area contributed by atoms with Gasteiger partial charge in [-0.2, -0.15) is 13.2 Å². The molecule has 28 heavy (non-hydrogen) atoms. The van der Waals surface area contributed by atoms with Gasteiger partial charge in [0.2, 0.25) is 0 Å². The third-order valence-corrected chi connectivity index (χ3v) is 5.69. The summed E-state index contributed by atoms with van der Waals surface area (Å²) in [4.78, 5) is 30.8. The highest BCUT2D eigenvalue weighted by molar-refractivity contribution is 8.01. The Kier molecular flexibility index (Phi) is 5.90. The maximum atomic E-state index is 13.1. The van der Waals surface area contributed by atoms with Crippen molar-refractivity contribution in [1.29, 1.82) is 0 Å². The minimum atomic E-state index is -4.76. The second-order valence-corrected chi connectivity index (χ2v) is 7.75. The van der Waals surface area contributed by atoms with Crippen LogP contribution in [0.25, 0.3) is 10.4 Å². The standard InChI is InChI=1S/C18H13F3N2O3S2/c1-2-26-16(25)14-11(8-13(18(19,20)21)23-15(14)24)27-17-22-9-12(28-17)10-6-4-3-5-7-10/h3-9H,2H2,1H3,(H,23,24). The molecule has 1 N–H and O–H groups in total. The molecule has 0 atom stereocenters. The fourth-order valence-electron chi connectivity index (χ4n) is 2.30. The lowest BCUT2D eigenvalue weighted by Gasteiger charge is -2.11. The molecule has 1 aromatic carbocycles. The normalized spacial score (nSPS) is 11.4. The van der Waals surface area contributed by atoms with Crippen molar-refractivity contribution in [2.75, 3.05) is 6.61 Å². The van der Waals surface area contributed by atoms with Crippen LogP contribution in [0, 0.1) is 0 Å². The largest absolute Gasteiger partial charge is 0.462 e. The van der Waals surface area contributed by atoms with Crippen LogP contribution in [0.4, 0.5) is 13.2 Å². The molecule has 0 unspecified atom stereocenters. The Morgan fingerprint density at radius 2 is 2.00 bits per heavy atom. The fourth-order valence-corrected chi connectivity index (χ4v) is 4.41. The van der Waals surface area contributed by atoms with Crippen LogP contribution in [0.1, 0.15) is 23.0 Å². The second-order valence-electron chi connectivity index (χ2n) is 5.43. The number of alkyl halides is 3. The summed E-state index contributed by atoms with van der Waals surface area (Å²) >= 11 is 2.05. The smallest absolute Gasteiger partial charge is 0.431 e. The van der Waals surface area contributed by atoms with Gasteiger partial charge in [-0.15, -0.1) is 11.3 Å². The topological polar surface area (TPSA) is 72.0 Å². The van der Waals surface area contributed by atoms with E-state index >= 15 is 0 Å². The number of benzene rings is 1. The predicted octanol–water partition coefficient (Wildman–Crippen LogP) is 4.85. The Morgan fingerprint density at radius 1 is 1.29 bits per heavy atom. The Labute approximate surface area is 165 Å². The first-order chi connectivity index (χ1) is 13.3. The first-order valence-corrected chi connectivity index (χ1v) is 9.63. The lowest BCUT2D eigenvalue weighted by Crippen LogP contribution is -2.25. The summed E-state index contributed by atoms with van der Waals surface area (Å²) < 4.78 is 44.5. The molecule has 0 radical (unpaired) electrons. The quantitative estimate of drug-likeness (QED) is 0.591. The number of nitrogens with zero attached hydrogens (tertiary/aromatic N) is 1. The molecule has 146 valence electrons. The number of esters is 1. The molecule has 0 spiro atoms. The molecule has 0 saturated carbocycles. The minimum Gasteiger partial charge on any atom is -0.462 e. The number of halogens is 3. The van der Waals surface area contributed by atoms with Crippen molar-refractivity contribution in [2.24, 2.45) is 0 Å². The van der Waals surface area contributed by atoms with Gasteiger partial charge >= 0.3 is 12.1 Å². The summed E-state index contributed by atoms with van der Waals surface area (Å²) in [5, 5.41) is 0. The molecule has 2 heterocycles. The van der Waals surface area contributed by atoms with E-state index in [0.717, 1.165) is 28.3 Å². The van der Waals surface area contributed by atoms with E-state index in [4.69, 9.17) is 4.74 Å². The summed E-state index contributed by atoms with van der Waals surface area (Å²) in [7, 11) is 0. The van der Waals surface area contributed by atoms with Crippen molar-refractivity contribution in [1.82, 2.24) is 9.97 Å². The summed E-state index contributed by atoms with van der Waals surface area (Å²) in [6, 6.07) is 10.0. The number of aromatic amines is 1. The molecular formula is C18H13F3N2O3S2. The van der Waals surface area contributed by atoms with Gasteiger partial charge in [-0.05, 0) is 18.6 Å². The zero-order chi connectivity index (χ0) is 20.3. The van der Waals surface area contributed by atoms with Crippen LogP contribution in [-0.4, -0.2) is 22.5 Å². The van der Waals surface area contributed by atoms with E-state index < -0.39 is 29.0 Å². The molecular weight excluding hydrogens is 413 g/mol. The van der Waals surface area contributed by atoms with Crippen molar-refractivity contribution in [3.8, 4) is 10.4 Å². The second kappa shape index (κ2) is 8.19. The van der Waals surface area contributed by atoms with E-state index in [1.807, 2.05) is 30.3 Å². The van der Waals surface area contributed by atoms with Crippen molar-refractivity contribution in [2.45, 2.75) is 22.3 Å². The van der Waals surface area contributed by atoms with Gasteiger partial charge < -0.3 is 9.72 Å². The number of thiazole rings is 1. The third kappa shape index (κ3) is 4.45. The highest BCUT2D eigenvalue weighted by Crippen LogP contribution is 2.38. The van der Waals surface area contributed by atoms with Crippen molar-refractivity contribution < 1.29 is 22.7 Å². The van der Waals surface area contributed by atoms with Crippen molar-refractivity contribution in [3.05, 3.63) is 64.2 Å². The van der Waals surface area contributed by atoms with Crippen molar-refractivity contribution in [3.63, 3.8) is 0 Å². The Balaban J connectivity index is 2.02. The summed E-state index contributed by atoms with van der Waals surface area (Å²) in [6.45, 7) is 1.52. The van der Waals surface area contributed by atoms with Gasteiger partial charge in [0.1, 0.15) is 11.3 Å². The molecule has 2 aromatic heterocycles. The predicted molar refractivity (Wildman–Crippen MR) is 99.7 cm³/mol. The maximum Gasteiger partial charge on any atom is 0.431 e. The fraction of sp³-hybridized carbons (Fsp3) is 0.167. The molecule has 5 nitrogen and oxygen atoms in total. The van der Waals surface area contributed by atoms with Gasteiger partial charge in [-0.1, -0.05) is 42.1 Å². The molecule has 3 rings (SSSR count). The zero-order valence-electron chi connectivity index (χ0n) is 14.4. The number of H-pyrrole nitrogens is 1. The first kappa shape index (κ1) is 20.2. The van der Waals surface area contributed by atoms with Crippen LogP contribution < -0.4 is 5.56 Å². The molecule has 0 saturated heterocycles. The summed E-state index contributed by atoms with van der Waals surface area (Å²) in [5.41, 5.74) is -1.97. The molecule has 0 aliphatic rings. The number of aromatic nitrogens is 2. The number of pyridine rings is 1. The van der Waals surface area contributed by atoms with Gasteiger partial charge in [-0.25, -0.2) is 9.78 Å². The zero-order valence-corrected chi connectivity index (χ0v) is 16.0. The van der Waals surface area contributed by atoms with Crippen molar-refractivity contribution >= 4 is 29.1 Å². The van der Waals surface area contributed by atoms with Crippen LogP contribution in [0.15, 0.2) is 56.6 Å². The van der Waals surface area contributed by atoms with Gasteiger partial charge in [-0.3, -0.25) is 4.79 Å². The summed E-state index contributed by atoms with van der Waals surface area (Å²) in [5.74, 6) is -0.986. The molecule has 0 fully saturated rings. The average molecular weight is 426 g/mol. The van der Waals surface area contributed by atoms with Crippen LogP contribution in [0.2, 0.25) is 0 Å². The first-order valence-electron chi connectivity index (χ1n) is 8.00. The van der Waals surface area contributed by atoms with Gasteiger partial charge in [0.05, 0.1) is 11.5 Å². The lowest BCUT2D eigenvalue weighted by molar-refractivity contribution is -0.141. The minimum absolute atomic E-state index is 0.0151. The van der Waals surface area contributed by atoms with Crippen LogP contribution in [-0.2, 0) is 10.9 Å². The third-order valence-electron chi connectivity index (χ3n) is 3.52. The summed E-state index contributed by atoms with van der Waals surface area (Å²) in [6.07, 6.45) is -3.18. The number of rotatable bonds is 5. The number of nitrogens with one attached hydrogen (secondary N) is 1. The molecule has 0 aliphatic heterocycles. The van der Waals surface area contributed by atoms with Crippen LogP contribution in [0.5, 0.6) is 0 Å². The molecule has 0 bridgehead atoms. The number of carbonyl (C=O) groups excluding carboxylic acids is 1. The number of ether oxygens (including phenoxy) is 1. The lowest BCUT2D eigenvalue weighted by atomic mass is 10.2. The van der Waals surface area contributed by atoms with E-state index in [2.05, 4.69) is 4.98 Å². The van der Waals surface area contributed by atoms with Gasteiger partial charge in [0, 0.05) is 11.1 Å². The maximum absolute atomic E-state index is 13.1. The van der Waals surface area contributed by atoms with Crippen LogP contribution >= 0.6 is 23.1 Å². The highest BCUT2D eigenvalue weighted by Gasteiger charge is 2.34. The van der Waals surface area contributed by atoms with E-state index in [9.17, 15) is 22.8 Å². The number of hydrogen-bond donors (Lipinski definition) is 1. The average Bonchev–Trinajstić information content (AvgIpc) is 3.10.